The molecule has 0 saturated heterocycles. The normalized spacial score (nSPS) is 11.2. The molecular formula is C15H20N2O3. The number of nitrogens with two attached hydrogens (primary N) is 1. The van der Waals surface area contributed by atoms with E-state index in [4.69, 9.17) is 15.3 Å². The number of ether oxygens (including phenoxy) is 1. The highest BCUT2D eigenvalue weighted by Crippen LogP contribution is 2.13. The predicted molar refractivity (Wildman–Crippen MR) is 76.8 cm³/mol. The van der Waals surface area contributed by atoms with Gasteiger partial charge >= 0.3 is 0 Å². The van der Waals surface area contributed by atoms with Crippen molar-refractivity contribution in [1.82, 2.24) is 5.48 Å². The summed E-state index contributed by atoms with van der Waals surface area (Å²) >= 11 is 0. The highest BCUT2D eigenvalue weighted by molar-refractivity contribution is 5.80. The van der Waals surface area contributed by atoms with Crippen molar-refractivity contribution in [2.24, 2.45) is 5.73 Å². The lowest BCUT2D eigenvalue weighted by Crippen LogP contribution is -2.41. The average Bonchev–Trinajstić information content (AvgIpc) is 2.46. The first kappa shape index (κ1) is 16.0. The second kappa shape index (κ2) is 8.97. The Balaban J connectivity index is 2.47. The fourth-order valence-corrected chi connectivity index (χ4v) is 1.48. The summed E-state index contributed by atoms with van der Waals surface area (Å²) in [6, 6.07) is 6.78. The van der Waals surface area contributed by atoms with Gasteiger partial charge in [-0.15, -0.1) is 5.92 Å². The van der Waals surface area contributed by atoms with Crippen LogP contribution in [0.15, 0.2) is 24.3 Å². The van der Waals surface area contributed by atoms with Gasteiger partial charge in [0.05, 0.1) is 12.6 Å². The monoisotopic (exact) mass is 276 g/mol. The molecule has 0 bridgehead atoms. The third-order valence-corrected chi connectivity index (χ3v) is 2.52. The van der Waals surface area contributed by atoms with Crippen molar-refractivity contribution in [1.29, 1.82) is 0 Å². The maximum Gasteiger partial charge on any atom is 0.260 e. The smallest absolute Gasteiger partial charge is 0.260 e. The number of hydrogen-bond acceptors (Lipinski definition) is 4. The van der Waals surface area contributed by atoms with E-state index in [1.807, 2.05) is 24.3 Å². The third-order valence-electron chi connectivity index (χ3n) is 2.52. The number of nitrogens with one attached hydrogen (secondary N) is 1. The van der Waals surface area contributed by atoms with Crippen molar-refractivity contribution in [2.45, 2.75) is 26.3 Å². The van der Waals surface area contributed by atoms with Gasteiger partial charge < -0.3 is 10.5 Å². The standard InChI is InChI=1S/C15H20N2O3/c1-3-5-10-19-13-8-6-12(7-9-13)11-14(16)15(18)17-20-4-2/h6-9,14H,4,10-11,16H2,1-2H3,(H,17,18). The predicted octanol–water partition coefficient (Wildman–Crippen LogP) is 1.03. The van der Waals surface area contributed by atoms with Crippen LogP contribution in [0.5, 0.6) is 5.75 Å². The largest absolute Gasteiger partial charge is 0.481 e. The molecule has 1 atom stereocenters. The van der Waals surface area contributed by atoms with E-state index in [1.165, 1.54) is 0 Å². The van der Waals surface area contributed by atoms with E-state index >= 15 is 0 Å². The summed E-state index contributed by atoms with van der Waals surface area (Å²) in [7, 11) is 0. The highest BCUT2D eigenvalue weighted by atomic mass is 16.6. The zero-order chi connectivity index (χ0) is 14.8. The molecule has 20 heavy (non-hydrogen) atoms. The van der Waals surface area contributed by atoms with Gasteiger partial charge in [0.25, 0.3) is 5.91 Å². The van der Waals surface area contributed by atoms with Gasteiger partial charge in [-0.1, -0.05) is 18.1 Å². The molecule has 1 unspecified atom stereocenters. The van der Waals surface area contributed by atoms with Crippen LogP contribution in [0.2, 0.25) is 0 Å². The van der Waals surface area contributed by atoms with Crippen LogP contribution in [0.4, 0.5) is 0 Å². The minimum absolute atomic E-state index is 0.328. The van der Waals surface area contributed by atoms with Crippen molar-refractivity contribution < 1.29 is 14.4 Å². The molecule has 1 rings (SSSR count). The molecule has 1 amide bonds. The quantitative estimate of drug-likeness (QED) is 0.576. The average molecular weight is 276 g/mol. The van der Waals surface area contributed by atoms with Gasteiger partial charge in [0, 0.05) is 0 Å². The summed E-state index contributed by atoms with van der Waals surface area (Å²) in [6.07, 6.45) is 0.438. The first-order chi connectivity index (χ1) is 9.67. The van der Waals surface area contributed by atoms with Crippen molar-refractivity contribution in [3.8, 4) is 17.6 Å². The summed E-state index contributed by atoms with van der Waals surface area (Å²) in [5, 5.41) is 0. The topological polar surface area (TPSA) is 73.6 Å². The summed E-state index contributed by atoms with van der Waals surface area (Å²) in [4.78, 5) is 16.4. The van der Waals surface area contributed by atoms with Crippen molar-refractivity contribution in [3.63, 3.8) is 0 Å². The van der Waals surface area contributed by atoms with Gasteiger partial charge in [-0.25, -0.2) is 5.48 Å². The van der Waals surface area contributed by atoms with Crippen LogP contribution in [-0.4, -0.2) is 25.2 Å². The molecule has 0 aliphatic heterocycles. The van der Waals surface area contributed by atoms with Gasteiger partial charge in [-0.3, -0.25) is 9.63 Å². The fourth-order valence-electron chi connectivity index (χ4n) is 1.48. The lowest BCUT2D eigenvalue weighted by molar-refractivity contribution is -0.134. The van der Waals surface area contributed by atoms with E-state index in [-0.39, 0.29) is 5.91 Å². The minimum Gasteiger partial charge on any atom is -0.481 e. The van der Waals surface area contributed by atoms with Crippen molar-refractivity contribution in [2.75, 3.05) is 13.2 Å². The molecule has 0 fully saturated rings. The Kier molecular flexibility index (Phi) is 7.18. The van der Waals surface area contributed by atoms with E-state index in [1.54, 1.807) is 13.8 Å². The van der Waals surface area contributed by atoms with E-state index in [0.717, 1.165) is 11.3 Å². The number of rotatable bonds is 7. The Morgan fingerprint density at radius 3 is 2.70 bits per heavy atom. The van der Waals surface area contributed by atoms with Gasteiger partial charge in [0.2, 0.25) is 0 Å². The summed E-state index contributed by atoms with van der Waals surface area (Å²) in [6.45, 7) is 4.33. The molecule has 5 nitrogen and oxygen atoms in total. The SMILES string of the molecule is CC#CCOc1ccc(CC(N)C(=O)NOCC)cc1. The van der Waals surface area contributed by atoms with Crippen molar-refractivity contribution in [3.05, 3.63) is 29.8 Å². The molecule has 0 aliphatic carbocycles. The van der Waals surface area contributed by atoms with E-state index in [0.29, 0.717) is 19.6 Å². The van der Waals surface area contributed by atoms with Crippen LogP contribution >= 0.6 is 0 Å². The van der Waals surface area contributed by atoms with Crippen LogP contribution in [-0.2, 0) is 16.1 Å². The Hall–Kier alpha value is -2.03. The second-order valence-electron chi connectivity index (χ2n) is 4.07. The lowest BCUT2D eigenvalue weighted by atomic mass is 10.1. The molecule has 3 N–H and O–H groups in total. The highest BCUT2D eigenvalue weighted by Gasteiger charge is 2.13. The minimum atomic E-state index is -0.640. The molecule has 5 heteroatoms. The van der Waals surface area contributed by atoms with E-state index in [9.17, 15) is 4.79 Å². The molecule has 1 aromatic carbocycles. The maximum absolute atomic E-state index is 11.5. The molecule has 0 saturated carbocycles. The Morgan fingerprint density at radius 2 is 2.10 bits per heavy atom. The molecule has 0 spiro atoms. The van der Waals surface area contributed by atoms with Crippen LogP contribution in [0.1, 0.15) is 19.4 Å². The Labute approximate surface area is 119 Å². The van der Waals surface area contributed by atoms with Gasteiger partial charge in [0.15, 0.2) is 0 Å². The number of carbonyl (C=O) groups is 1. The Morgan fingerprint density at radius 1 is 1.40 bits per heavy atom. The number of amides is 1. The first-order valence-corrected chi connectivity index (χ1v) is 6.46. The van der Waals surface area contributed by atoms with E-state index in [2.05, 4.69) is 17.3 Å². The zero-order valence-electron chi connectivity index (χ0n) is 11.8. The van der Waals surface area contributed by atoms with Crippen molar-refractivity contribution >= 4 is 5.91 Å². The third kappa shape index (κ3) is 5.74. The van der Waals surface area contributed by atoms with Crippen LogP contribution in [0, 0.1) is 11.8 Å². The molecule has 1 aromatic rings. The maximum atomic E-state index is 11.5. The molecule has 0 radical (unpaired) electrons. The number of hydrogen-bond donors (Lipinski definition) is 2. The van der Waals surface area contributed by atoms with Gasteiger partial charge in [0.1, 0.15) is 12.4 Å². The van der Waals surface area contributed by atoms with Crippen LogP contribution < -0.4 is 16.0 Å². The molecule has 0 heterocycles. The van der Waals surface area contributed by atoms with Gasteiger partial charge in [-0.2, -0.15) is 0 Å². The van der Waals surface area contributed by atoms with Crippen LogP contribution in [0.25, 0.3) is 0 Å². The van der Waals surface area contributed by atoms with Crippen LogP contribution in [0.3, 0.4) is 0 Å². The number of benzene rings is 1. The number of hydroxylamine groups is 1. The zero-order valence-corrected chi connectivity index (χ0v) is 11.8. The lowest BCUT2D eigenvalue weighted by Gasteiger charge is -2.12. The summed E-state index contributed by atoms with van der Waals surface area (Å²) < 4.78 is 5.40. The molecular weight excluding hydrogens is 256 g/mol. The summed E-state index contributed by atoms with van der Waals surface area (Å²) in [5.41, 5.74) is 9.04. The Bertz CT molecular complexity index is 474. The number of carbonyl (C=O) groups excluding carboxylic acids is 1. The second-order valence-corrected chi connectivity index (χ2v) is 4.07. The molecule has 108 valence electrons. The fraction of sp³-hybridized carbons (Fsp3) is 0.400. The molecule has 0 aliphatic rings. The van der Waals surface area contributed by atoms with Gasteiger partial charge in [-0.05, 0) is 38.0 Å². The molecule has 0 aromatic heterocycles. The summed E-state index contributed by atoms with van der Waals surface area (Å²) in [5.74, 6) is 5.99. The van der Waals surface area contributed by atoms with E-state index < -0.39 is 6.04 Å². The first-order valence-electron chi connectivity index (χ1n) is 6.46.